The molecule has 0 saturated heterocycles. The van der Waals surface area contributed by atoms with Crippen LogP contribution in [0.25, 0.3) is 0 Å². The lowest BCUT2D eigenvalue weighted by atomic mass is 10.1. The van der Waals surface area contributed by atoms with Gasteiger partial charge in [-0.3, -0.25) is 9.59 Å². The number of nitrogens with zero attached hydrogens (tertiary/aromatic N) is 1. The molecule has 0 spiro atoms. The molecule has 1 amide bonds. The van der Waals surface area contributed by atoms with Gasteiger partial charge >= 0.3 is 0 Å². The second-order valence-electron chi connectivity index (χ2n) is 4.60. The number of hydrogen-bond acceptors (Lipinski definition) is 4. The monoisotopic (exact) mass is 299 g/mol. The van der Waals surface area contributed by atoms with Crippen molar-refractivity contribution < 1.29 is 22.4 Å². The lowest BCUT2D eigenvalue weighted by molar-refractivity contribution is -0.118. The molecule has 1 aromatic rings. The molecule has 20 heavy (non-hydrogen) atoms. The summed E-state index contributed by atoms with van der Waals surface area (Å²) in [7, 11) is -3.84. The Balaban J connectivity index is 2.71. The quantitative estimate of drug-likeness (QED) is 0.790. The third kappa shape index (κ3) is 2.11. The minimum absolute atomic E-state index is 0.0919. The van der Waals surface area contributed by atoms with Crippen molar-refractivity contribution in [2.45, 2.75) is 24.0 Å². The first-order valence-electron chi connectivity index (χ1n) is 6.07. The minimum atomic E-state index is -3.84. The van der Waals surface area contributed by atoms with E-state index >= 15 is 0 Å². The van der Waals surface area contributed by atoms with Crippen LogP contribution in [-0.2, 0) is 14.6 Å². The van der Waals surface area contributed by atoms with Crippen molar-refractivity contribution in [3.8, 4) is 0 Å². The Labute approximate surface area is 116 Å². The van der Waals surface area contributed by atoms with Gasteiger partial charge in [-0.05, 0) is 32.0 Å². The molecule has 0 aliphatic carbocycles. The molecule has 0 bridgehead atoms. The van der Waals surface area contributed by atoms with Gasteiger partial charge in [-0.1, -0.05) is 0 Å². The number of sulfone groups is 1. The van der Waals surface area contributed by atoms with Crippen LogP contribution in [0, 0.1) is 0 Å². The van der Waals surface area contributed by atoms with Crippen molar-refractivity contribution >= 4 is 27.2 Å². The number of carbonyl (C=O) groups is 2. The fourth-order valence-electron chi connectivity index (χ4n) is 2.16. The zero-order valence-corrected chi connectivity index (χ0v) is 11.9. The predicted octanol–water partition coefficient (Wildman–Crippen LogP) is 1.37. The average molecular weight is 299 g/mol. The topological polar surface area (TPSA) is 71.5 Å². The second kappa shape index (κ2) is 4.97. The van der Waals surface area contributed by atoms with E-state index in [-0.39, 0.29) is 28.5 Å². The molecule has 0 aromatic heterocycles. The third-order valence-corrected chi connectivity index (χ3v) is 5.42. The molecular weight excluding hydrogens is 285 g/mol. The van der Waals surface area contributed by atoms with Gasteiger partial charge in [0.1, 0.15) is 11.9 Å². The first kappa shape index (κ1) is 14.6. The van der Waals surface area contributed by atoms with Crippen molar-refractivity contribution in [2.24, 2.45) is 0 Å². The van der Waals surface area contributed by atoms with E-state index in [2.05, 4.69) is 0 Å². The lowest BCUT2D eigenvalue weighted by Crippen LogP contribution is -2.47. The van der Waals surface area contributed by atoms with Gasteiger partial charge in [0.25, 0.3) is 0 Å². The van der Waals surface area contributed by atoms with Gasteiger partial charge in [0.05, 0.1) is 17.1 Å². The average Bonchev–Trinajstić information content (AvgIpc) is 2.41. The standard InChI is InChI=1S/C13H14FNO4S/c1-8(16)10-3-4-11-12(7-10)20(18,19)9(2)13(17)15(11)6-5-14/h3-4,7,9H,5-6H2,1-2H3. The van der Waals surface area contributed by atoms with Crippen LogP contribution in [0.15, 0.2) is 23.1 Å². The van der Waals surface area contributed by atoms with E-state index in [1.165, 1.54) is 32.0 Å². The molecule has 1 heterocycles. The summed E-state index contributed by atoms with van der Waals surface area (Å²) in [6.45, 7) is 1.62. The summed E-state index contributed by atoms with van der Waals surface area (Å²) >= 11 is 0. The zero-order valence-electron chi connectivity index (χ0n) is 11.1. The third-order valence-electron chi connectivity index (χ3n) is 3.35. The number of benzene rings is 1. The van der Waals surface area contributed by atoms with Crippen molar-refractivity contribution in [1.82, 2.24) is 0 Å². The smallest absolute Gasteiger partial charge is 0.245 e. The number of halogens is 1. The molecule has 1 aliphatic rings. The molecule has 1 atom stereocenters. The van der Waals surface area contributed by atoms with Crippen LogP contribution < -0.4 is 4.90 Å². The summed E-state index contributed by atoms with van der Waals surface area (Å²) in [5, 5.41) is -1.27. The van der Waals surface area contributed by atoms with Crippen LogP contribution in [0.2, 0.25) is 0 Å². The fraction of sp³-hybridized carbons (Fsp3) is 0.385. The van der Waals surface area contributed by atoms with Gasteiger partial charge in [-0.2, -0.15) is 0 Å². The molecular formula is C13H14FNO4S. The first-order chi connectivity index (χ1) is 9.30. The Kier molecular flexibility index (Phi) is 3.64. The van der Waals surface area contributed by atoms with E-state index in [1.807, 2.05) is 0 Å². The largest absolute Gasteiger partial charge is 0.307 e. The number of amides is 1. The second-order valence-corrected chi connectivity index (χ2v) is 6.84. The van der Waals surface area contributed by atoms with E-state index in [0.717, 1.165) is 4.90 Å². The highest BCUT2D eigenvalue weighted by Gasteiger charge is 2.41. The number of Topliss-reactive ketones (excluding diaryl/α,β-unsaturated/α-hetero) is 1. The van der Waals surface area contributed by atoms with Gasteiger partial charge in [0.2, 0.25) is 5.91 Å². The molecule has 0 radical (unpaired) electrons. The Morgan fingerprint density at radius 2 is 2.05 bits per heavy atom. The maximum absolute atomic E-state index is 12.6. The molecule has 0 N–H and O–H groups in total. The molecule has 1 aliphatic heterocycles. The predicted molar refractivity (Wildman–Crippen MR) is 71.4 cm³/mol. The van der Waals surface area contributed by atoms with E-state index in [4.69, 9.17) is 0 Å². The molecule has 108 valence electrons. The van der Waals surface area contributed by atoms with Crippen LogP contribution in [0.4, 0.5) is 10.1 Å². The summed E-state index contributed by atoms with van der Waals surface area (Å²) in [6, 6.07) is 4.06. The molecule has 5 nitrogen and oxygen atoms in total. The van der Waals surface area contributed by atoms with Gasteiger partial charge in [-0.15, -0.1) is 0 Å². The molecule has 2 rings (SSSR count). The van der Waals surface area contributed by atoms with Crippen molar-refractivity contribution in [1.29, 1.82) is 0 Å². The zero-order chi connectivity index (χ0) is 15.1. The van der Waals surface area contributed by atoms with Crippen LogP contribution in [0.5, 0.6) is 0 Å². The lowest BCUT2D eigenvalue weighted by Gasteiger charge is -2.32. The van der Waals surface area contributed by atoms with Crippen LogP contribution >= 0.6 is 0 Å². The number of rotatable bonds is 3. The number of carbonyl (C=O) groups excluding carboxylic acids is 2. The fourth-order valence-corrected chi connectivity index (χ4v) is 3.70. The molecule has 1 aromatic carbocycles. The summed E-state index contributed by atoms with van der Waals surface area (Å²) in [5.41, 5.74) is 0.379. The number of alkyl halides is 1. The Hall–Kier alpha value is -1.76. The summed E-state index contributed by atoms with van der Waals surface area (Å²) in [5.74, 6) is -0.921. The first-order valence-corrected chi connectivity index (χ1v) is 7.61. The number of anilines is 1. The number of fused-ring (bicyclic) bond motifs is 1. The van der Waals surface area contributed by atoms with Gasteiger partial charge in [0.15, 0.2) is 15.6 Å². The van der Waals surface area contributed by atoms with Crippen molar-refractivity contribution in [3.05, 3.63) is 23.8 Å². The Morgan fingerprint density at radius 3 is 2.60 bits per heavy atom. The summed E-state index contributed by atoms with van der Waals surface area (Å²) < 4.78 is 37.1. The van der Waals surface area contributed by atoms with E-state index < -0.39 is 27.7 Å². The van der Waals surface area contributed by atoms with Gasteiger partial charge < -0.3 is 4.90 Å². The highest BCUT2D eigenvalue weighted by molar-refractivity contribution is 7.93. The summed E-state index contributed by atoms with van der Waals surface area (Å²) in [4.78, 5) is 24.4. The van der Waals surface area contributed by atoms with Crippen LogP contribution in [0.3, 0.4) is 0 Å². The summed E-state index contributed by atoms with van der Waals surface area (Å²) in [6.07, 6.45) is 0. The Bertz CT molecular complexity index is 684. The SMILES string of the molecule is CC(=O)c1ccc2c(c1)S(=O)(=O)C(C)C(=O)N2CCF. The molecule has 0 fully saturated rings. The highest BCUT2D eigenvalue weighted by Crippen LogP contribution is 2.35. The highest BCUT2D eigenvalue weighted by atomic mass is 32.2. The van der Waals surface area contributed by atoms with E-state index in [9.17, 15) is 22.4 Å². The van der Waals surface area contributed by atoms with E-state index in [0.29, 0.717) is 0 Å². The Morgan fingerprint density at radius 1 is 1.40 bits per heavy atom. The van der Waals surface area contributed by atoms with Crippen molar-refractivity contribution in [2.75, 3.05) is 18.1 Å². The van der Waals surface area contributed by atoms with Gasteiger partial charge in [0, 0.05) is 5.56 Å². The number of ketones is 1. The van der Waals surface area contributed by atoms with Crippen molar-refractivity contribution in [3.63, 3.8) is 0 Å². The van der Waals surface area contributed by atoms with Gasteiger partial charge in [-0.25, -0.2) is 12.8 Å². The van der Waals surface area contributed by atoms with Crippen LogP contribution in [0.1, 0.15) is 24.2 Å². The number of hydrogen-bond donors (Lipinski definition) is 0. The maximum Gasteiger partial charge on any atom is 0.245 e. The molecule has 7 heteroatoms. The molecule has 0 saturated carbocycles. The molecule has 1 unspecified atom stereocenters. The van der Waals surface area contributed by atoms with E-state index in [1.54, 1.807) is 0 Å². The normalized spacial score (nSPS) is 20.6. The van der Waals surface area contributed by atoms with Crippen LogP contribution in [-0.4, -0.2) is 38.6 Å². The minimum Gasteiger partial charge on any atom is -0.307 e. The maximum atomic E-state index is 12.6.